The highest BCUT2D eigenvalue weighted by Gasteiger charge is 2.57. The van der Waals surface area contributed by atoms with Crippen LogP contribution in [0.4, 0.5) is 21.0 Å². The number of benzene rings is 2. The number of carboxylic acids is 1. The predicted molar refractivity (Wildman–Crippen MR) is 108 cm³/mol. The van der Waals surface area contributed by atoms with E-state index in [1.54, 1.807) is 74.5 Å². The van der Waals surface area contributed by atoms with Crippen molar-refractivity contribution in [3.8, 4) is 0 Å². The van der Waals surface area contributed by atoms with E-state index in [-0.39, 0.29) is 0 Å². The summed E-state index contributed by atoms with van der Waals surface area (Å²) in [7, 11) is 0. The standard InChI is InChI=1S/C21H24N4O5/c1-14(17(26)27)24-20(29)23(16-12-8-5-9-13-16)18(21(24,2)3)25(30)19(28)22-15-10-6-4-7-11-15/h4-14,18,30H,1-3H3,(H,22,28)(H,26,27)/p-1. The van der Waals surface area contributed by atoms with Crippen LogP contribution in [0.25, 0.3) is 0 Å². The average molecular weight is 411 g/mol. The summed E-state index contributed by atoms with van der Waals surface area (Å²) in [5.41, 5.74) is -0.412. The number of hydrogen-bond donors (Lipinski definition) is 2. The van der Waals surface area contributed by atoms with Gasteiger partial charge >= 0.3 is 12.1 Å². The monoisotopic (exact) mass is 411 g/mol. The highest BCUT2D eigenvalue weighted by molar-refractivity contribution is 5.99. The summed E-state index contributed by atoms with van der Waals surface area (Å²) in [5, 5.41) is 25.4. The second kappa shape index (κ2) is 8.03. The van der Waals surface area contributed by atoms with Gasteiger partial charge in [-0.15, -0.1) is 0 Å². The third-order valence-electron chi connectivity index (χ3n) is 5.14. The number of aliphatic carboxylic acids is 1. The van der Waals surface area contributed by atoms with Gasteiger partial charge in [0.1, 0.15) is 0 Å². The van der Waals surface area contributed by atoms with E-state index in [1.807, 2.05) is 0 Å². The number of rotatable bonds is 5. The maximum atomic E-state index is 13.3. The Morgan fingerprint density at radius 1 is 1.10 bits per heavy atom. The maximum Gasteiger partial charge on any atom is 0.347 e. The molecule has 1 saturated heterocycles. The molecule has 2 atom stereocenters. The Morgan fingerprint density at radius 3 is 2.17 bits per heavy atom. The second-order valence-corrected chi connectivity index (χ2v) is 7.52. The Kier molecular flexibility index (Phi) is 5.66. The molecular weight excluding hydrogens is 388 g/mol. The van der Waals surface area contributed by atoms with Gasteiger partial charge < -0.3 is 20.1 Å². The van der Waals surface area contributed by atoms with Crippen LogP contribution in [0.5, 0.6) is 0 Å². The van der Waals surface area contributed by atoms with Gasteiger partial charge in [0.15, 0.2) is 6.17 Å². The van der Waals surface area contributed by atoms with E-state index >= 15 is 0 Å². The average Bonchev–Trinajstić information content (AvgIpc) is 2.93. The van der Waals surface area contributed by atoms with Crippen molar-refractivity contribution in [3.63, 3.8) is 0 Å². The van der Waals surface area contributed by atoms with Crippen molar-refractivity contribution in [3.05, 3.63) is 60.7 Å². The number of hydrogen-bond acceptors (Lipinski definition) is 5. The van der Waals surface area contributed by atoms with E-state index in [2.05, 4.69) is 5.32 Å². The fraction of sp³-hybridized carbons (Fsp3) is 0.286. The molecule has 1 aliphatic rings. The van der Waals surface area contributed by atoms with Crippen LogP contribution < -0.4 is 15.3 Å². The van der Waals surface area contributed by atoms with Crippen LogP contribution in [0.2, 0.25) is 0 Å². The Hall–Kier alpha value is -3.59. The van der Waals surface area contributed by atoms with Crippen LogP contribution in [0.3, 0.4) is 0 Å². The molecule has 0 radical (unpaired) electrons. The number of urea groups is 2. The van der Waals surface area contributed by atoms with Gasteiger partial charge in [0.05, 0.1) is 17.6 Å². The maximum absolute atomic E-state index is 13.3. The van der Waals surface area contributed by atoms with Crippen molar-refractivity contribution in [2.75, 3.05) is 10.2 Å². The molecule has 158 valence electrons. The number of nitrogens with zero attached hydrogens (tertiary/aromatic N) is 3. The fourth-order valence-electron chi connectivity index (χ4n) is 3.74. The largest absolute Gasteiger partial charge is 0.548 e. The first kappa shape index (κ1) is 21.1. The minimum absolute atomic E-state index is 0.403. The van der Waals surface area contributed by atoms with Gasteiger partial charge in [-0.2, -0.15) is 5.06 Å². The molecule has 30 heavy (non-hydrogen) atoms. The number of carbonyl (C=O) groups is 3. The molecule has 1 heterocycles. The van der Waals surface area contributed by atoms with Crippen molar-refractivity contribution in [2.45, 2.75) is 38.5 Å². The highest BCUT2D eigenvalue weighted by Crippen LogP contribution is 2.39. The molecule has 4 amide bonds. The third kappa shape index (κ3) is 3.67. The van der Waals surface area contributed by atoms with Gasteiger partial charge in [-0.3, -0.25) is 10.1 Å². The normalized spacial score (nSPS) is 18.8. The number of nitrogens with one attached hydrogen (secondary N) is 1. The molecule has 3 rings (SSSR count). The molecule has 0 spiro atoms. The van der Waals surface area contributed by atoms with E-state index in [4.69, 9.17) is 0 Å². The molecule has 0 bridgehead atoms. The van der Waals surface area contributed by atoms with Crippen LogP contribution >= 0.6 is 0 Å². The Balaban J connectivity index is 2.02. The number of carboxylic acid groups (broad SMARTS) is 1. The summed E-state index contributed by atoms with van der Waals surface area (Å²) in [6.45, 7) is 4.49. The molecule has 2 N–H and O–H groups in total. The molecule has 1 aliphatic heterocycles. The van der Waals surface area contributed by atoms with Crippen molar-refractivity contribution in [2.24, 2.45) is 0 Å². The molecule has 0 saturated carbocycles. The smallest absolute Gasteiger partial charge is 0.347 e. The molecule has 9 heteroatoms. The summed E-state index contributed by atoms with van der Waals surface area (Å²) >= 11 is 0. The van der Waals surface area contributed by atoms with E-state index in [0.717, 1.165) is 4.90 Å². The molecule has 2 unspecified atom stereocenters. The number of carbonyl (C=O) groups excluding carboxylic acids is 3. The van der Waals surface area contributed by atoms with Gasteiger partial charge in [-0.1, -0.05) is 36.4 Å². The zero-order chi connectivity index (χ0) is 22.1. The van der Waals surface area contributed by atoms with Crippen molar-refractivity contribution in [1.29, 1.82) is 0 Å². The minimum Gasteiger partial charge on any atom is -0.548 e. The quantitative estimate of drug-likeness (QED) is 0.577. The van der Waals surface area contributed by atoms with E-state index in [1.165, 1.54) is 11.8 Å². The Morgan fingerprint density at radius 2 is 1.63 bits per heavy atom. The van der Waals surface area contributed by atoms with E-state index < -0.39 is 35.8 Å². The zero-order valence-corrected chi connectivity index (χ0v) is 16.9. The van der Waals surface area contributed by atoms with Gasteiger partial charge in [0.2, 0.25) is 0 Å². The van der Waals surface area contributed by atoms with Gasteiger partial charge in [0.25, 0.3) is 0 Å². The van der Waals surface area contributed by atoms with Crippen LogP contribution in [-0.4, -0.2) is 50.9 Å². The Labute approximate surface area is 174 Å². The SMILES string of the molecule is CC(C(=O)[O-])N1C(=O)N(c2ccccc2)C(N(O)C(=O)Nc2ccccc2)C1(C)C. The van der Waals surface area contributed by atoms with Crippen LogP contribution in [0.15, 0.2) is 60.7 Å². The first-order chi connectivity index (χ1) is 14.2. The van der Waals surface area contributed by atoms with Crippen molar-refractivity contribution < 1.29 is 24.7 Å². The number of para-hydroxylation sites is 2. The summed E-state index contributed by atoms with van der Waals surface area (Å²) < 4.78 is 0. The number of anilines is 2. The van der Waals surface area contributed by atoms with E-state index in [9.17, 15) is 24.7 Å². The lowest BCUT2D eigenvalue weighted by atomic mass is 9.98. The zero-order valence-electron chi connectivity index (χ0n) is 16.9. The van der Waals surface area contributed by atoms with Crippen molar-refractivity contribution >= 4 is 29.4 Å². The van der Waals surface area contributed by atoms with Gasteiger partial charge in [0, 0.05) is 11.4 Å². The van der Waals surface area contributed by atoms with Crippen LogP contribution in [0, 0.1) is 0 Å². The number of hydroxylamine groups is 2. The molecule has 9 nitrogen and oxygen atoms in total. The van der Waals surface area contributed by atoms with E-state index in [0.29, 0.717) is 16.4 Å². The minimum atomic E-state index is -1.44. The Bertz CT molecular complexity index is 935. The summed E-state index contributed by atoms with van der Waals surface area (Å²) in [6, 6.07) is 14.1. The summed E-state index contributed by atoms with van der Waals surface area (Å²) in [5.74, 6) is -1.44. The topological polar surface area (TPSA) is 116 Å². The van der Waals surface area contributed by atoms with Crippen LogP contribution in [0.1, 0.15) is 20.8 Å². The van der Waals surface area contributed by atoms with Gasteiger partial charge in [-0.05, 0) is 45.0 Å². The molecule has 1 fully saturated rings. The molecule has 2 aromatic rings. The predicted octanol–water partition coefficient (Wildman–Crippen LogP) is 2.09. The highest BCUT2D eigenvalue weighted by atomic mass is 16.5. The molecule has 0 aliphatic carbocycles. The molecule has 0 aromatic heterocycles. The summed E-state index contributed by atoms with van der Waals surface area (Å²) in [6.07, 6.45) is -1.21. The third-order valence-corrected chi connectivity index (χ3v) is 5.14. The van der Waals surface area contributed by atoms with Gasteiger partial charge in [-0.25, -0.2) is 9.59 Å². The lowest BCUT2D eigenvalue weighted by Gasteiger charge is -2.40. The lowest BCUT2D eigenvalue weighted by molar-refractivity contribution is -0.311. The van der Waals surface area contributed by atoms with Crippen LogP contribution in [-0.2, 0) is 4.79 Å². The molecular formula is C21H23N4O5-. The number of amides is 4. The second-order valence-electron chi connectivity index (χ2n) is 7.52. The molecule has 2 aromatic carbocycles. The first-order valence-corrected chi connectivity index (χ1v) is 9.39. The first-order valence-electron chi connectivity index (χ1n) is 9.39. The summed E-state index contributed by atoms with van der Waals surface area (Å²) in [4.78, 5) is 39.8. The van der Waals surface area contributed by atoms with Crippen molar-refractivity contribution in [1.82, 2.24) is 9.96 Å². The lowest BCUT2D eigenvalue weighted by Crippen LogP contribution is -2.60. The fourth-order valence-corrected chi connectivity index (χ4v) is 3.74.